The quantitative estimate of drug-likeness (QED) is 0.770. The van der Waals surface area contributed by atoms with Crippen LogP contribution in [0.4, 0.5) is 4.39 Å². The van der Waals surface area contributed by atoms with Crippen LogP contribution in [-0.2, 0) is 4.79 Å². The first-order chi connectivity index (χ1) is 9.52. The Morgan fingerprint density at radius 1 is 1.35 bits per heavy atom. The molecule has 2 N–H and O–H groups in total. The average Bonchev–Trinajstić information content (AvgIpc) is 2.42. The van der Waals surface area contributed by atoms with E-state index in [0.29, 0.717) is 18.5 Å². The van der Waals surface area contributed by atoms with Crippen molar-refractivity contribution < 1.29 is 19.1 Å². The monoisotopic (exact) mass is 281 g/mol. The lowest BCUT2D eigenvalue weighted by Gasteiger charge is -2.14. The smallest absolute Gasteiger partial charge is 0.303 e. The lowest BCUT2D eigenvalue weighted by Crippen LogP contribution is -2.26. The van der Waals surface area contributed by atoms with Gasteiger partial charge < -0.3 is 10.4 Å². The molecule has 110 valence electrons. The lowest BCUT2D eigenvalue weighted by atomic mass is 9.96. The SMILES string of the molecule is CCC(CCNC(=O)c1cccc(F)c1)CCC(=O)O. The molecule has 1 aromatic rings. The molecule has 4 nitrogen and oxygen atoms in total. The van der Waals surface area contributed by atoms with Crippen LogP contribution >= 0.6 is 0 Å². The van der Waals surface area contributed by atoms with Crippen LogP contribution in [0.25, 0.3) is 0 Å². The molecular formula is C15H20FNO3. The highest BCUT2D eigenvalue weighted by atomic mass is 19.1. The van der Waals surface area contributed by atoms with E-state index >= 15 is 0 Å². The van der Waals surface area contributed by atoms with E-state index in [1.54, 1.807) is 6.07 Å². The second-order valence-corrected chi connectivity index (χ2v) is 4.76. The summed E-state index contributed by atoms with van der Waals surface area (Å²) in [6.45, 7) is 2.47. The van der Waals surface area contributed by atoms with Crippen molar-refractivity contribution in [3.63, 3.8) is 0 Å². The van der Waals surface area contributed by atoms with E-state index in [1.165, 1.54) is 18.2 Å². The standard InChI is InChI=1S/C15H20FNO3/c1-2-11(6-7-14(18)19)8-9-17-15(20)12-4-3-5-13(16)10-12/h3-5,10-11H,2,6-9H2,1H3,(H,17,20)(H,18,19). The van der Waals surface area contributed by atoms with Gasteiger partial charge in [-0.05, 0) is 37.0 Å². The summed E-state index contributed by atoms with van der Waals surface area (Å²) in [5, 5.41) is 11.4. The number of rotatable bonds is 8. The van der Waals surface area contributed by atoms with Crippen LogP contribution in [0.3, 0.4) is 0 Å². The summed E-state index contributed by atoms with van der Waals surface area (Å²) in [5.41, 5.74) is 0.295. The fraction of sp³-hybridized carbons (Fsp3) is 0.467. The second kappa shape index (κ2) is 8.30. The van der Waals surface area contributed by atoms with Gasteiger partial charge in [-0.2, -0.15) is 0 Å². The molecule has 0 aliphatic rings. The van der Waals surface area contributed by atoms with Crippen LogP contribution in [0, 0.1) is 11.7 Å². The Morgan fingerprint density at radius 3 is 2.70 bits per heavy atom. The highest BCUT2D eigenvalue weighted by Gasteiger charge is 2.10. The number of carbonyl (C=O) groups is 2. The zero-order chi connectivity index (χ0) is 15.0. The van der Waals surface area contributed by atoms with Crippen molar-refractivity contribution in [2.24, 2.45) is 5.92 Å². The van der Waals surface area contributed by atoms with Gasteiger partial charge in [-0.1, -0.05) is 19.4 Å². The molecule has 0 spiro atoms. The number of amides is 1. The van der Waals surface area contributed by atoms with Crippen molar-refractivity contribution in [1.29, 1.82) is 0 Å². The molecule has 1 unspecified atom stereocenters. The van der Waals surface area contributed by atoms with Gasteiger partial charge in [-0.3, -0.25) is 9.59 Å². The summed E-state index contributed by atoms with van der Waals surface area (Å²) in [6.07, 6.45) is 2.37. The number of nitrogens with one attached hydrogen (secondary N) is 1. The number of benzene rings is 1. The maximum absolute atomic E-state index is 13.0. The van der Waals surface area contributed by atoms with E-state index in [9.17, 15) is 14.0 Å². The van der Waals surface area contributed by atoms with Crippen molar-refractivity contribution in [2.45, 2.75) is 32.6 Å². The van der Waals surface area contributed by atoms with Gasteiger partial charge in [0.05, 0.1) is 0 Å². The van der Waals surface area contributed by atoms with Gasteiger partial charge in [0, 0.05) is 18.5 Å². The van der Waals surface area contributed by atoms with Gasteiger partial charge in [-0.15, -0.1) is 0 Å². The fourth-order valence-corrected chi connectivity index (χ4v) is 2.00. The maximum Gasteiger partial charge on any atom is 0.303 e. The van der Waals surface area contributed by atoms with Crippen molar-refractivity contribution in [3.8, 4) is 0 Å². The van der Waals surface area contributed by atoms with Crippen molar-refractivity contribution in [3.05, 3.63) is 35.6 Å². The van der Waals surface area contributed by atoms with E-state index in [1.807, 2.05) is 6.92 Å². The largest absolute Gasteiger partial charge is 0.481 e. The predicted molar refractivity (Wildman–Crippen MR) is 74.0 cm³/mol. The van der Waals surface area contributed by atoms with Crippen LogP contribution in [0.1, 0.15) is 43.0 Å². The molecule has 1 rings (SSSR count). The topological polar surface area (TPSA) is 66.4 Å². The third-order valence-corrected chi connectivity index (χ3v) is 3.27. The molecule has 0 aliphatic carbocycles. The molecule has 0 bridgehead atoms. The van der Waals surface area contributed by atoms with Crippen molar-refractivity contribution in [2.75, 3.05) is 6.54 Å². The molecule has 5 heteroatoms. The Bertz CT molecular complexity index is 462. The Balaban J connectivity index is 2.35. The summed E-state index contributed by atoms with van der Waals surface area (Å²) in [6, 6.07) is 5.53. The number of aliphatic carboxylic acids is 1. The van der Waals surface area contributed by atoms with Crippen molar-refractivity contribution >= 4 is 11.9 Å². The zero-order valence-electron chi connectivity index (χ0n) is 11.6. The molecule has 1 aromatic carbocycles. The van der Waals surface area contributed by atoms with Crippen LogP contribution in [-0.4, -0.2) is 23.5 Å². The summed E-state index contributed by atoms with van der Waals surface area (Å²) in [7, 11) is 0. The number of carboxylic acids is 1. The number of halogens is 1. The van der Waals surface area contributed by atoms with Gasteiger partial charge >= 0.3 is 5.97 Å². The number of carbonyl (C=O) groups excluding carboxylic acids is 1. The highest BCUT2D eigenvalue weighted by molar-refractivity contribution is 5.94. The molecule has 0 aliphatic heterocycles. The van der Waals surface area contributed by atoms with E-state index in [-0.39, 0.29) is 18.2 Å². The van der Waals surface area contributed by atoms with Gasteiger partial charge in [0.2, 0.25) is 0 Å². The molecule has 0 heterocycles. The Hall–Kier alpha value is -1.91. The second-order valence-electron chi connectivity index (χ2n) is 4.76. The molecule has 0 fully saturated rings. The highest BCUT2D eigenvalue weighted by Crippen LogP contribution is 2.14. The van der Waals surface area contributed by atoms with E-state index < -0.39 is 11.8 Å². The summed E-state index contributed by atoms with van der Waals surface area (Å²) < 4.78 is 13.0. The summed E-state index contributed by atoms with van der Waals surface area (Å²) in [5.74, 6) is -1.27. The van der Waals surface area contributed by atoms with E-state index in [2.05, 4.69) is 5.32 Å². The van der Waals surface area contributed by atoms with Gasteiger partial charge in [0.15, 0.2) is 0 Å². The number of carboxylic acid groups (broad SMARTS) is 1. The summed E-state index contributed by atoms with van der Waals surface area (Å²) in [4.78, 5) is 22.3. The van der Waals surface area contributed by atoms with E-state index in [4.69, 9.17) is 5.11 Å². The Labute approximate surface area is 118 Å². The number of hydrogen-bond donors (Lipinski definition) is 2. The molecule has 0 aromatic heterocycles. The molecule has 0 saturated heterocycles. The fourth-order valence-electron chi connectivity index (χ4n) is 2.00. The lowest BCUT2D eigenvalue weighted by molar-refractivity contribution is -0.137. The van der Waals surface area contributed by atoms with Crippen LogP contribution in [0.5, 0.6) is 0 Å². The van der Waals surface area contributed by atoms with Crippen molar-refractivity contribution in [1.82, 2.24) is 5.32 Å². The van der Waals surface area contributed by atoms with Crippen LogP contribution in [0.2, 0.25) is 0 Å². The van der Waals surface area contributed by atoms with Crippen LogP contribution < -0.4 is 5.32 Å². The Kier molecular flexibility index (Phi) is 6.70. The van der Waals surface area contributed by atoms with Gasteiger partial charge in [0.1, 0.15) is 5.82 Å². The molecule has 0 saturated carbocycles. The first kappa shape index (κ1) is 16.1. The molecule has 1 amide bonds. The van der Waals surface area contributed by atoms with Crippen LogP contribution in [0.15, 0.2) is 24.3 Å². The first-order valence-corrected chi connectivity index (χ1v) is 6.78. The zero-order valence-corrected chi connectivity index (χ0v) is 11.6. The first-order valence-electron chi connectivity index (χ1n) is 6.78. The van der Waals surface area contributed by atoms with E-state index in [0.717, 1.165) is 12.8 Å². The van der Waals surface area contributed by atoms with Gasteiger partial charge in [-0.25, -0.2) is 4.39 Å². The molecular weight excluding hydrogens is 261 g/mol. The third-order valence-electron chi connectivity index (χ3n) is 3.27. The number of hydrogen-bond acceptors (Lipinski definition) is 2. The predicted octanol–water partition coefficient (Wildman–Crippen LogP) is 2.84. The minimum Gasteiger partial charge on any atom is -0.481 e. The summed E-state index contributed by atoms with van der Waals surface area (Å²) >= 11 is 0. The molecule has 1 atom stereocenters. The van der Waals surface area contributed by atoms with Gasteiger partial charge in [0.25, 0.3) is 5.91 Å². The molecule has 0 radical (unpaired) electrons. The minimum atomic E-state index is -0.799. The maximum atomic E-state index is 13.0. The Morgan fingerprint density at radius 2 is 2.10 bits per heavy atom. The normalized spacial score (nSPS) is 11.9. The average molecular weight is 281 g/mol. The minimum absolute atomic E-state index is 0.149. The molecule has 20 heavy (non-hydrogen) atoms. The third kappa shape index (κ3) is 5.82.